The number of hydrogen-bond acceptors (Lipinski definition) is 6. The van der Waals surface area contributed by atoms with E-state index in [4.69, 9.17) is 30.6 Å². The van der Waals surface area contributed by atoms with Crippen molar-refractivity contribution in [2.45, 2.75) is 38.5 Å². The first kappa shape index (κ1) is 28.3. The number of rotatable bonds is 10. The molecule has 6 N–H and O–H groups in total. The quantitative estimate of drug-likeness (QED) is 0.292. The fourth-order valence-electron chi connectivity index (χ4n) is 1.55. The van der Waals surface area contributed by atoms with Crippen LogP contribution in [0.4, 0.5) is 0 Å². The molecule has 0 fully saturated rings. The Hall–Kier alpha value is -3.96. The molecule has 1 aromatic rings. The molecule has 0 atom stereocenters. The number of carboxylic acid groups (broad SMARTS) is 6. The fourth-order valence-corrected chi connectivity index (χ4v) is 1.55. The molecule has 0 spiro atoms. The molecule has 0 amide bonds. The molecule has 0 aliphatic heterocycles. The van der Waals surface area contributed by atoms with Crippen molar-refractivity contribution in [3.63, 3.8) is 0 Å². The second-order valence-electron chi connectivity index (χ2n) is 5.47. The number of aromatic carboxylic acids is 2. The van der Waals surface area contributed by atoms with Gasteiger partial charge in [-0.2, -0.15) is 0 Å². The van der Waals surface area contributed by atoms with Crippen LogP contribution in [0.25, 0.3) is 0 Å². The van der Waals surface area contributed by atoms with Crippen LogP contribution < -0.4 is 0 Å². The smallest absolute Gasteiger partial charge is 0.335 e. The molecule has 0 radical (unpaired) electrons. The van der Waals surface area contributed by atoms with Gasteiger partial charge in [0.15, 0.2) is 0 Å². The predicted octanol–water partition coefficient (Wildman–Crippen LogP) is 1.73. The highest BCUT2D eigenvalue weighted by molar-refractivity contribution is 5.93. The van der Waals surface area contributed by atoms with E-state index in [9.17, 15) is 28.8 Å². The van der Waals surface area contributed by atoms with E-state index in [2.05, 4.69) is 0 Å². The molecule has 12 heteroatoms. The zero-order valence-electron chi connectivity index (χ0n) is 15.7. The van der Waals surface area contributed by atoms with Gasteiger partial charge in [0.1, 0.15) is 0 Å². The molecule has 0 bridgehead atoms. The molecule has 166 valence electrons. The minimum atomic E-state index is -1.13. The Kier molecular flexibility index (Phi) is 15.1. The van der Waals surface area contributed by atoms with Gasteiger partial charge >= 0.3 is 35.8 Å². The number of aliphatic carboxylic acids is 4. The van der Waals surface area contributed by atoms with E-state index in [0.29, 0.717) is 12.8 Å². The lowest BCUT2D eigenvalue weighted by Crippen LogP contribution is -2.01. The minimum Gasteiger partial charge on any atom is -0.481 e. The van der Waals surface area contributed by atoms with Gasteiger partial charge in [-0.25, -0.2) is 9.59 Å². The first-order valence-corrected chi connectivity index (χ1v) is 8.30. The van der Waals surface area contributed by atoms with Crippen molar-refractivity contribution in [2.24, 2.45) is 0 Å². The summed E-state index contributed by atoms with van der Waals surface area (Å²) in [5.74, 6) is -6.15. The molecule has 0 aliphatic carbocycles. The van der Waals surface area contributed by atoms with E-state index in [1.165, 1.54) is 18.2 Å². The van der Waals surface area contributed by atoms with Crippen LogP contribution in [0.1, 0.15) is 59.2 Å². The molecule has 30 heavy (non-hydrogen) atoms. The Morgan fingerprint density at radius 3 is 1.07 bits per heavy atom. The number of hydrogen-bond donors (Lipinski definition) is 6. The molecule has 0 heterocycles. The molecule has 0 saturated heterocycles. The highest BCUT2D eigenvalue weighted by Crippen LogP contribution is 2.04. The van der Waals surface area contributed by atoms with Gasteiger partial charge in [0.05, 0.1) is 24.0 Å². The maximum Gasteiger partial charge on any atom is 0.335 e. The largest absolute Gasteiger partial charge is 0.481 e. The third-order valence-electron chi connectivity index (χ3n) is 2.94. The molecule has 12 nitrogen and oxygen atoms in total. The third-order valence-corrected chi connectivity index (χ3v) is 2.94. The maximum absolute atomic E-state index is 10.4. The second kappa shape index (κ2) is 16.0. The first-order valence-electron chi connectivity index (χ1n) is 8.30. The van der Waals surface area contributed by atoms with Gasteiger partial charge in [-0.1, -0.05) is 6.07 Å². The highest BCUT2D eigenvalue weighted by atomic mass is 16.4. The van der Waals surface area contributed by atoms with Crippen LogP contribution in [-0.2, 0) is 19.2 Å². The van der Waals surface area contributed by atoms with Gasteiger partial charge in [-0.05, 0) is 31.0 Å². The van der Waals surface area contributed by atoms with Crippen LogP contribution in [0.15, 0.2) is 24.3 Å². The molecular formula is C18H22O12. The number of carbonyl (C=O) groups is 6. The Bertz CT molecular complexity index is 694. The zero-order valence-corrected chi connectivity index (χ0v) is 15.7. The first-order chi connectivity index (χ1) is 13.9. The molecule has 0 aliphatic rings. The van der Waals surface area contributed by atoms with Crippen LogP contribution >= 0.6 is 0 Å². The summed E-state index contributed by atoms with van der Waals surface area (Å²) in [6, 6.07) is 5.20. The van der Waals surface area contributed by atoms with Crippen LogP contribution in [0, 0.1) is 0 Å². The van der Waals surface area contributed by atoms with Gasteiger partial charge in [0.25, 0.3) is 0 Å². The lowest BCUT2D eigenvalue weighted by molar-refractivity contribution is -0.143. The summed E-state index contributed by atoms with van der Waals surface area (Å²) < 4.78 is 0. The Morgan fingerprint density at radius 2 is 0.833 bits per heavy atom. The van der Waals surface area contributed by atoms with E-state index in [-0.39, 0.29) is 36.8 Å². The lowest BCUT2D eigenvalue weighted by Gasteiger charge is -1.95. The van der Waals surface area contributed by atoms with Crippen molar-refractivity contribution >= 4 is 35.8 Å². The summed E-state index contributed by atoms with van der Waals surface area (Å²) >= 11 is 0. The topological polar surface area (TPSA) is 224 Å². The average Bonchev–Trinajstić information content (AvgIpc) is 2.64. The summed E-state index contributed by atoms with van der Waals surface area (Å²) in [4.78, 5) is 59.8. The standard InChI is InChI=1S/C8H6O4.C6H10O4.C4H6O4/c9-7(10)5-2-1-3-6(4-5)8(11)12;7-5(8)3-1-2-4-6(9)10;5-3(6)1-2-4(7)8/h1-4H,(H,9,10)(H,11,12);1-4H2,(H,7,8)(H,9,10);1-2H2,(H,5,6)(H,7,8). The van der Waals surface area contributed by atoms with Gasteiger partial charge in [-0.15, -0.1) is 0 Å². The molecule has 0 saturated carbocycles. The van der Waals surface area contributed by atoms with E-state index >= 15 is 0 Å². The zero-order chi connectivity index (χ0) is 23.7. The van der Waals surface area contributed by atoms with Crippen molar-refractivity contribution in [1.82, 2.24) is 0 Å². The van der Waals surface area contributed by atoms with Crippen molar-refractivity contribution in [1.29, 1.82) is 0 Å². The van der Waals surface area contributed by atoms with Crippen molar-refractivity contribution in [3.05, 3.63) is 35.4 Å². The highest BCUT2D eigenvalue weighted by Gasteiger charge is 2.06. The normalized spacial score (nSPS) is 9.07. The fraction of sp³-hybridized carbons (Fsp3) is 0.333. The van der Waals surface area contributed by atoms with E-state index in [0.717, 1.165) is 6.07 Å². The molecule has 0 unspecified atom stereocenters. The maximum atomic E-state index is 10.4. The SMILES string of the molecule is O=C(O)CCC(=O)O.O=C(O)CCCCC(=O)O.O=C(O)c1cccc(C(=O)O)c1. The van der Waals surface area contributed by atoms with Crippen LogP contribution in [0.5, 0.6) is 0 Å². The van der Waals surface area contributed by atoms with E-state index < -0.39 is 35.8 Å². The van der Waals surface area contributed by atoms with Crippen LogP contribution in [0.3, 0.4) is 0 Å². The van der Waals surface area contributed by atoms with E-state index in [1.54, 1.807) is 0 Å². The Balaban J connectivity index is 0. The Labute approximate surface area is 170 Å². The summed E-state index contributed by atoms with van der Waals surface area (Å²) in [5, 5.41) is 49.1. The van der Waals surface area contributed by atoms with Crippen molar-refractivity contribution in [3.8, 4) is 0 Å². The van der Waals surface area contributed by atoms with Crippen molar-refractivity contribution < 1.29 is 59.4 Å². The monoisotopic (exact) mass is 430 g/mol. The summed E-state index contributed by atoms with van der Waals surface area (Å²) in [6.07, 6.45) is 0.425. The van der Waals surface area contributed by atoms with E-state index in [1.807, 2.05) is 0 Å². The van der Waals surface area contributed by atoms with Crippen LogP contribution in [-0.4, -0.2) is 66.5 Å². The number of carboxylic acids is 6. The van der Waals surface area contributed by atoms with Gasteiger partial charge in [0, 0.05) is 12.8 Å². The minimum absolute atomic E-state index is 0.0186. The lowest BCUT2D eigenvalue weighted by atomic mass is 10.1. The second-order valence-corrected chi connectivity index (χ2v) is 5.47. The third kappa shape index (κ3) is 18.8. The molecule has 1 aromatic carbocycles. The average molecular weight is 430 g/mol. The van der Waals surface area contributed by atoms with Crippen LogP contribution in [0.2, 0.25) is 0 Å². The summed E-state index contributed by atoms with van der Waals surface area (Å²) in [6.45, 7) is 0. The van der Waals surface area contributed by atoms with Gasteiger partial charge in [0.2, 0.25) is 0 Å². The number of benzene rings is 1. The van der Waals surface area contributed by atoms with Crippen molar-refractivity contribution in [2.75, 3.05) is 0 Å². The summed E-state index contributed by atoms with van der Waals surface area (Å²) in [5.41, 5.74) is -0.0372. The molecule has 0 aromatic heterocycles. The molecular weight excluding hydrogens is 408 g/mol. The van der Waals surface area contributed by atoms with Gasteiger partial charge in [-0.3, -0.25) is 19.2 Å². The summed E-state index contributed by atoms with van der Waals surface area (Å²) in [7, 11) is 0. The number of unbranched alkanes of at least 4 members (excludes halogenated alkanes) is 1. The Morgan fingerprint density at radius 1 is 0.533 bits per heavy atom. The van der Waals surface area contributed by atoms with Gasteiger partial charge < -0.3 is 30.6 Å². The molecule has 1 rings (SSSR count). The predicted molar refractivity (Wildman–Crippen MR) is 98.6 cm³/mol.